The van der Waals surface area contributed by atoms with E-state index in [0.717, 1.165) is 12.8 Å². The second-order valence-electron chi connectivity index (χ2n) is 13.0. The van der Waals surface area contributed by atoms with Crippen molar-refractivity contribution in [1.29, 1.82) is 0 Å². The number of fused-ring (bicyclic) bond motifs is 1. The molecule has 37 heavy (non-hydrogen) atoms. The van der Waals surface area contributed by atoms with Crippen molar-refractivity contribution in [2.24, 2.45) is 23.2 Å². The van der Waals surface area contributed by atoms with Crippen LogP contribution in [0, 0.1) is 23.2 Å². The summed E-state index contributed by atoms with van der Waals surface area (Å²) in [6, 6.07) is -1.49. The van der Waals surface area contributed by atoms with E-state index in [1.54, 1.807) is 17.9 Å². The maximum absolute atomic E-state index is 14.7. The molecule has 2 bridgehead atoms. The smallest absolute Gasteiger partial charge is 0.312 e. The molecule has 8 heteroatoms. The van der Waals surface area contributed by atoms with Crippen LogP contribution in [-0.4, -0.2) is 81.8 Å². The minimum atomic E-state index is -1.12. The van der Waals surface area contributed by atoms with E-state index < -0.39 is 47.1 Å². The molecule has 0 saturated carbocycles. The summed E-state index contributed by atoms with van der Waals surface area (Å²) in [6.07, 6.45) is 3.83. The lowest BCUT2D eigenvalue weighted by molar-refractivity contribution is -0.158. The van der Waals surface area contributed by atoms with Gasteiger partial charge in [0, 0.05) is 12.1 Å². The molecule has 0 aromatic carbocycles. The summed E-state index contributed by atoms with van der Waals surface area (Å²) in [6.45, 7) is 20.4. The van der Waals surface area contributed by atoms with Crippen molar-refractivity contribution in [3.63, 3.8) is 0 Å². The second kappa shape index (κ2) is 10.7. The first-order chi connectivity index (χ1) is 17.2. The minimum Gasteiger partial charge on any atom is -0.466 e. The molecule has 0 radical (unpaired) electrons. The number of hydrogen-bond acceptors (Lipinski definition) is 6. The number of carbonyl (C=O) groups excluding carboxylic acids is 3. The number of likely N-dealkylation sites (tertiary alicyclic amines) is 1. The lowest BCUT2D eigenvalue weighted by Gasteiger charge is -2.47. The highest BCUT2D eigenvalue weighted by molar-refractivity contribution is 5.98. The Balaban J connectivity index is 2.15. The molecule has 3 aliphatic rings. The highest BCUT2D eigenvalue weighted by Gasteiger charge is 2.76. The number of aliphatic hydroxyl groups excluding tert-OH is 1. The molecule has 210 valence electrons. The fourth-order valence-electron chi connectivity index (χ4n) is 7.35. The fraction of sp³-hybridized carbons (Fsp3) is 0.828. The summed E-state index contributed by atoms with van der Waals surface area (Å²) in [4.78, 5) is 45.4. The molecule has 7 atom stereocenters. The molecule has 0 aromatic rings. The van der Waals surface area contributed by atoms with E-state index in [2.05, 4.69) is 27.4 Å². The Hall–Kier alpha value is -1.93. The first kappa shape index (κ1) is 29.6. The van der Waals surface area contributed by atoms with Crippen molar-refractivity contribution in [1.82, 2.24) is 9.80 Å². The average Bonchev–Trinajstić information content (AvgIpc) is 3.43. The van der Waals surface area contributed by atoms with Gasteiger partial charge in [-0.3, -0.25) is 14.4 Å². The van der Waals surface area contributed by atoms with Crippen LogP contribution < -0.4 is 0 Å². The van der Waals surface area contributed by atoms with Crippen molar-refractivity contribution < 1.29 is 29.0 Å². The first-order valence-electron chi connectivity index (χ1n) is 13.9. The highest BCUT2D eigenvalue weighted by Crippen LogP contribution is 2.59. The molecular weight excluding hydrogens is 472 g/mol. The lowest BCUT2D eigenvalue weighted by atomic mass is 9.70. The van der Waals surface area contributed by atoms with E-state index >= 15 is 0 Å². The SMILES string of the molecule is C=CCN(C(=O)[C@H]1N([C@@H](CO)[C@@H](C)CC)C(=O)[C@@H]2[C@@H](C(=O)OCC)[C@H]3CC[C@]21O3)C(C)(C)CC(C)(C)C. The molecule has 2 amide bonds. The third-order valence-corrected chi connectivity index (χ3v) is 8.65. The minimum absolute atomic E-state index is 0.0448. The van der Waals surface area contributed by atoms with Crippen LogP contribution >= 0.6 is 0 Å². The summed E-state index contributed by atoms with van der Waals surface area (Å²) >= 11 is 0. The predicted molar refractivity (Wildman–Crippen MR) is 141 cm³/mol. The number of ether oxygens (including phenoxy) is 2. The molecule has 3 saturated heterocycles. The number of esters is 1. The van der Waals surface area contributed by atoms with Gasteiger partial charge in [0.1, 0.15) is 11.6 Å². The van der Waals surface area contributed by atoms with Crippen LogP contribution in [0.25, 0.3) is 0 Å². The van der Waals surface area contributed by atoms with Gasteiger partial charge in [-0.15, -0.1) is 6.58 Å². The summed E-state index contributed by atoms with van der Waals surface area (Å²) in [5.41, 5.74) is -1.69. The van der Waals surface area contributed by atoms with Gasteiger partial charge in [0.25, 0.3) is 0 Å². The number of nitrogens with zero attached hydrogens (tertiary/aromatic N) is 2. The summed E-state index contributed by atoms with van der Waals surface area (Å²) < 4.78 is 11.9. The zero-order chi connectivity index (χ0) is 27.9. The average molecular weight is 521 g/mol. The first-order valence-corrected chi connectivity index (χ1v) is 13.9. The molecule has 8 nitrogen and oxygen atoms in total. The number of aliphatic hydroxyl groups is 1. The van der Waals surface area contributed by atoms with Crippen molar-refractivity contribution in [3.05, 3.63) is 12.7 Å². The predicted octanol–water partition coefficient (Wildman–Crippen LogP) is 3.56. The van der Waals surface area contributed by atoms with E-state index in [1.165, 1.54) is 0 Å². The van der Waals surface area contributed by atoms with Crippen molar-refractivity contribution in [2.45, 2.75) is 110 Å². The largest absolute Gasteiger partial charge is 0.466 e. The zero-order valence-corrected chi connectivity index (χ0v) is 24.1. The van der Waals surface area contributed by atoms with Gasteiger partial charge in [-0.2, -0.15) is 0 Å². The Labute approximate surface area is 222 Å². The van der Waals surface area contributed by atoms with Gasteiger partial charge < -0.3 is 24.4 Å². The third kappa shape index (κ3) is 5.08. The molecule has 3 fully saturated rings. The summed E-state index contributed by atoms with van der Waals surface area (Å²) in [7, 11) is 0. The van der Waals surface area contributed by atoms with Crippen LogP contribution in [-0.2, 0) is 23.9 Å². The van der Waals surface area contributed by atoms with Gasteiger partial charge in [0.15, 0.2) is 0 Å². The van der Waals surface area contributed by atoms with E-state index in [0.29, 0.717) is 19.4 Å². The fourth-order valence-corrected chi connectivity index (χ4v) is 7.35. The molecule has 0 unspecified atom stereocenters. The maximum Gasteiger partial charge on any atom is 0.312 e. The molecular formula is C29H48N2O6. The van der Waals surface area contributed by atoms with Crippen LogP contribution in [0.2, 0.25) is 0 Å². The normalized spacial score (nSPS) is 30.7. The lowest BCUT2D eigenvalue weighted by Crippen LogP contribution is -2.63. The van der Waals surface area contributed by atoms with Crippen molar-refractivity contribution >= 4 is 17.8 Å². The van der Waals surface area contributed by atoms with Gasteiger partial charge in [0.2, 0.25) is 11.8 Å². The topological polar surface area (TPSA) is 96.4 Å². The Morgan fingerprint density at radius 2 is 1.95 bits per heavy atom. The zero-order valence-electron chi connectivity index (χ0n) is 24.1. The van der Waals surface area contributed by atoms with E-state index in [9.17, 15) is 19.5 Å². The van der Waals surface area contributed by atoms with E-state index in [-0.39, 0.29) is 36.4 Å². The third-order valence-electron chi connectivity index (χ3n) is 8.65. The van der Waals surface area contributed by atoms with Gasteiger partial charge in [0.05, 0.1) is 37.2 Å². The van der Waals surface area contributed by atoms with E-state index in [4.69, 9.17) is 9.47 Å². The number of amides is 2. The number of rotatable bonds is 11. The quantitative estimate of drug-likeness (QED) is 0.331. The van der Waals surface area contributed by atoms with Crippen LogP contribution in [0.15, 0.2) is 12.7 Å². The molecule has 1 N–H and O–H groups in total. The van der Waals surface area contributed by atoms with Gasteiger partial charge in [-0.05, 0) is 51.4 Å². The summed E-state index contributed by atoms with van der Waals surface area (Å²) in [5, 5.41) is 10.5. The van der Waals surface area contributed by atoms with Gasteiger partial charge in [-0.25, -0.2) is 0 Å². The van der Waals surface area contributed by atoms with E-state index in [1.807, 2.05) is 32.6 Å². The van der Waals surface area contributed by atoms with Crippen LogP contribution in [0.1, 0.15) is 81.1 Å². The van der Waals surface area contributed by atoms with Crippen molar-refractivity contribution in [3.8, 4) is 0 Å². The standard InChI is InChI=1S/C29H48N2O6/c1-10-15-30(28(8,9)17-27(5,6)7)25(34)23-29-14-13-20(37-29)21(26(35)36-12-3)22(29)24(33)31(23)19(16-32)18(4)11-2/h10,18-23,32H,1,11-17H2,2-9H3/t18-,19-,20+,21-,22-,23+,29-/m0/s1. The van der Waals surface area contributed by atoms with Crippen molar-refractivity contribution in [2.75, 3.05) is 19.8 Å². The molecule has 1 spiro atoms. The number of hydrogen-bond donors (Lipinski definition) is 1. The molecule has 0 aliphatic carbocycles. The van der Waals surface area contributed by atoms with Crippen LogP contribution in [0.5, 0.6) is 0 Å². The van der Waals surface area contributed by atoms with Gasteiger partial charge >= 0.3 is 5.97 Å². The maximum atomic E-state index is 14.7. The molecule has 3 heterocycles. The molecule has 0 aromatic heterocycles. The second-order valence-corrected chi connectivity index (χ2v) is 13.0. The molecule has 3 aliphatic heterocycles. The van der Waals surface area contributed by atoms with Gasteiger partial charge in [-0.1, -0.05) is 47.1 Å². The number of carbonyl (C=O) groups is 3. The molecule has 3 rings (SSSR count). The Bertz CT molecular complexity index is 895. The Morgan fingerprint density at radius 1 is 1.30 bits per heavy atom. The Morgan fingerprint density at radius 3 is 2.46 bits per heavy atom. The summed E-state index contributed by atoms with van der Waals surface area (Å²) in [5.74, 6) is -2.53. The monoisotopic (exact) mass is 520 g/mol. The highest BCUT2D eigenvalue weighted by atomic mass is 16.6. The van der Waals surface area contributed by atoms with Crippen LogP contribution in [0.3, 0.4) is 0 Å². The van der Waals surface area contributed by atoms with Crippen LogP contribution in [0.4, 0.5) is 0 Å². The Kier molecular flexibility index (Phi) is 8.55.